The third-order valence-corrected chi connectivity index (χ3v) is 8.13. The molecule has 3 heterocycles. The fraction of sp³-hybridized carbons (Fsp3) is 0.357. The molecule has 2 N–H and O–H groups in total. The molecule has 2 saturated heterocycles. The van der Waals surface area contributed by atoms with E-state index in [1.54, 1.807) is 12.1 Å². The first-order chi connectivity index (χ1) is 17.1. The number of fused-ring (bicyclic) bond motifs is 2. The predicted molar refractivity (Wildman–Crippen MR) is 135 cm³/mol. The van der Waals surface area contributed by atoms with E-state index in [4.69, 9.17) is 4.74 Å². The highest BCUT2D eigenvalue weighted by atomic mass is 32.1. The van der Waals surface area contributed by atoms with Gasteiger partial charge < -0.3 is 9.84 Å². The van der Waals surface area contributed by atoms with Crippen LogP contribution in [0.4, 0.5) is 0 Å². The van der Waals surface area contributed by atoms with Gasteiger partial charge in [-0.15, -0.1) is 11.3 Å². The van der Waals surface area contributed by atoms with E-state index in [1.165, 1.54) is 16.9 Å². The van der Waals surface area contributed by atoms with Crippen molar-refractivity contribution in [2.24, 2.45) is 0 Å². The molecule has 0 spiro atoms. The van der Waals surface area contributed by atoms with Gasteiger partial charge in [-0.3, -0.25) is 10.2 Å². The van der Waals surface area contributed by atoms with Crippen molar-refractivity contribution in [1.82, 2.24) is 10.2 Å². The number of piperidine rings is 1. The van der Waals surface area contributed by atoms with Crippen LogP contribution in [0.1, 0.15) is 57.4 Å². The van der Waals surface area contributed by atoms with Crippen molar-refractivity contribution < 1.29 is 19.4 Å². The second kappa shape index (κ2) is 10.7. The fourth-order valence-corrected chi connectivity index (χ4v) is 6.18. The Balaban J connectivity index is 1.23. The number of nitrogens with one attached hydrogen (secondary N) is 1. The fourth-order valence-electron chi connectivity index (χ4n) is 5.38. The van der Waals surface area contributed by atoms with Gasteiger partial charge in [0.15, 0.2) is 0 Å². The van der Waals surface area contributed by atoms with Gasteiger partial charge in [-0.05, 0) is 36.1 Å². The Labute approximate surface area is 209 Å². The summed E-state index contributed by atoms with van der Waals surface area (Å²) < 4.78 is 6.10. The summed E-state index contributed by atoms with van der Waals surface area (Å²) in [4.78, 5) is 28.3. The largest absolute Gasteiger partial charge is 0.477 e. The van der Waals surface area contributed by atoms with Crippen LogP contribution in [0.5, 0.6) is 0 Å². The second-order valence-electron chi connectivity index (χ2n) is 9.37. The highest BCUT2D eigenvalue weighted by Gasteiger charge is 2.42. The molecule has 6 nitrogen and oxygen atoms in total. The van der Waals surface area contributed by atoms with Gasteiger partial charge in [0.1, 0.15) is 17.0 Å². The van der Waals surface area contributed by atoms with Crippen molar-refractivity contribution in [1.29, 1.82) is 0 Å². The zero-order chi connectivity index (χ0) is 24.2. The van der Waals surface area contributed by atoms with E-state index >= 15 is 0 Å². The number of aromatic carboxylic acids is 1. The van der Waals surface area contributed by atoms with E-state index in [0.29, 0.717) is 23.5 Å². The average Bonchev–Trinajstić information content (AvgIpc) is 3.43. The summed E-state index contributed by atoms with van der Waals surface area (Å²) in [5.41, 5.74) is 2.17. The van der Waals surface area contributed by atoms with Crippen LogP contribution in [0.15, 0.2) is 72.8 Å². The van der Waals surface area contributed by atoms with Crippen molar-refractivity contribution in [2.75, 3.05) is 0 Å². The maximum absolute atomic E-state index is 13.4. The zero-order valence-corrected chi connectivity index (χ0v) is 20.3. The Kier molecular flexibility index (Phi) is 7.27. The Hall–Kier alpha value is -3.00. The van der Waals surface area contributed by atoms with E-state index in [2.05, 4.69) is 34.5 Å². The number of carbonyl (C=O) groups excluding carboxylic acids is 1. The molecular weight excluding hydrogens is 460 g/mol. The second-order valence-corrected chi connectivity index (χ2v) is 10.5. The number of carboxylic acids is 1. The number of hydrogen-bond donors (Lipinski definition) is 2. The standard InChI is InChI=1S/C28H30N2O4S/c31-27(32)25-14-13-24(35-25)17-29-26(20-9-5-2-6-10-20)28(33)34-23-15-21-11-12-22(16-23)30(21)18-19-7-3-1-4-8-19/h1-10,13-14,21-23,26,29H,11-12,15-18H2,(H,31,32)/t21-,22-,26?/m1/s1. The molecule has 2 bridgehead atoms. The summed E-state index contributed by atoms with van der Waals surface area (Å²) >= 11 is 1.22. The molecule has 3 atom stereocenters. The van der Waals surface area contributed by atoms with E-state index in [1.807, 2.05) is 36.4 Å². The molecule has 35 heavy (non-hydrogen) atoms. The summed E-state index contributed by atoms with van der Waals surface area (Å²) in [7, 11) is 0. The van der Waals surface area contributed by atoms with Crippen LogP contribution >= 0.6 is 11.3 Å². The van der Waals surface area contributed by atoms with Crippen LogP contribution in [-0.4, -0.2) is 40.1 Å². The lowest BCUT2D eigenvalue weighted by Gasteiger charge is -2.39. The summed E-state index contributed by atoms with van der Waals surface area (Å²) in [6.45, 7) is 1.34. The number of hydrogen-bond acceptors (Lipinski definition) is 6. The van der Waals surface area contributed by atoms with Gasteiger partial charge in [-0.25, -0.2) is 9.59 Å². The molecule has 182 valence electrons. The molecule has 0 radical (unpaired) electrons. The number of carboxylic acid groups (broad SMARTS) is 1. The van der Waals surface area contributed by atoms with Gasteiger partial charge in [0.05, 0.1) is 0 Å². The predicted octanol–water partition coefficient (Wildman–Crippen LogP) is 5.02. The molecule has 2 aliphatic rings. The summed E-state index contributed by atoms with van der Waals surface area (Å²) in [6, 6.07) is 23.8. The number of esters is 1. The van der Waals surface area contributed by atoms with Gasteiger partial charge in [-0.2, -0.15) is 0 Å². The number of rotatable bonds is 9. The average molecular weight is 491 g/mol. The van der Waals surface area contributed by atoms with Crippen molar-refractivity contribution in [2.45, 2.75) is 63.0 Å². The van der Waals surface area contributed by atoms with Gasteiger partial charge in [-0.1, -0.05) is 60.7 Å². The Morgan fingerprint density at radius 1 is 0.971 bits per heavy atom. The SMILES string of the molecule is O=C(O)c1ccc(CNC(C(=O)OC2C[C@H]3CC[C@H](C2)N3Cc2ccccc2)c2ccccc2)s1. The Bertz CT molecular complexity index is 1140. The lowest BCUT2D eigenvalue weighted by molar-refractivity contribution is -0.155. The lowest BCUT2D eigenvalue weighted by atomic mass is 9.98. The zero-order valence-electron chi connectivity index (χ0n) is 19.5. The smallest absolute Gasteiger partial charge is 0.345 e. The van der Waals surface area contributed by atoms with Crippen molar-refractivity contribution in [3.8, 4) is 0 Å². The minimum atomic E-state index is -0.937. The first-order valence-electron chi connectivity index (χ1n) is 12.2. The molecule has 2 fully saturated rings. The van der Waals surface area contributed by atoms with Crippen LogP contribution in [-0.2, 0) is 22.6 Å². The highest BCUT2D eigenvalue weighted by molar-refractivity contribution is 7.13. The number of benzene rings is 2. The molecule has 0 saturated carbocycles. The summed E-state index contributed by atoms with van der Waals surface area (Å²) in [6.07, 6.45) is 3.94. The minimum Gasteiger partial charge on any atom is -0.477 e. The first-order valence-corrected chi connectivity index (χ1v) is 13.0. The molecule has 2 aliphatic heterocycles. The minimum absolute atomic E-state index is 0.0830. The van der Waals surface area contributed by atoms with Gasteiger partial charge in [0, 0.05) is 42.9 Å². The van der Waals surface area contributed by atoms with Crippen LogP contribution in [0, 0.1) is 0 Å². The Morgan fingerprint density at radius 3 is 2.26 bits per heavy atom. The monoisotopic (exact) mass is 490 g/mol. The molecule has 3 aromatic rings. The number of carbonyl (C=O) groups is 2. The molecule has 7 heteroatoms. The van der Waals surface area contributed by atoms with Gasteiger partial charge in [0.2, 0.25) is 0 Å². The lowest BCUT2D eigenvalue weighted by Crippen LogP contribution is -2.46. The molecular formula is C28H30N2O4S. The highest BCUT2D eigenvalue weighted by Crippen LogP contribution is 2.38. The van der Waals surface area contributed by atoms with E-state index in [9.17, 15) is 14.7 Å². The van der Waals surface area contributed by atoms with Crippen molar-refractivity contribution in [3.63, 3.8) is 0 Å². The van der Waals surface area contributed by atoms with Crippen LogP contribution in [0.2, 0.25) is 0 Å². The van der Waals surface area contributed by atoms with Crippen LogP contribution in [0.25, 0.3) is 0 Å². The normalized spacial score (nSPS) is 22.6. The number of thiophene rings is 1. The Morgan fingerprint density at radius 2 is 1.63 bits per heavy atom. The van der Waals surface area contributed by atoms with E-state index in [0.717, 1.165) is 42.7 Å². The molecule has 1 aromatic heterocycles. The molecule has 0 aliphatic carbocycles. The maximum atomic E-state index is 13.4. The quantitative estimate of drug-likeness (QED) is 0.410. The van der Waals surface area contributed by atoms with Gasteiger partial charge in [0.25, 0.3) is 0 Å². The molecule has 0 amide bonds. The third-order valence-electron chi connectivity index (χ3n) is 7.05. The topological polar surface area (TPSA) is 78.9 Å². The van der Waals surface area contributed by atoms with Crippen LogP contribution in [0.3, 0.4) is 0 Å². The third kappa shape index (κ3) is 5.64. The van der Waals surface area contributed by atoms with Crippen molar-refractivity contribution >= 4 is 23.3 Å². The number of ether oxygens (including phenoxy) is 1. The van der Waals surface area contributed by atoms with Crippen molar-refractivity contribution in [3.05, 3.63) is 93.7 Å². The van der Waals surface area contributed by atoms with Crippen LogP contribution < -0.4 is 5.32 Å². The molecule has 2 aromatic carbocycles. The molecule has 5 rings (SSSR count). The van der Waals surface area contributed by atoms with E-state index < -0.39 is 12.0 Å². The summed E-state index contributed by atoms with van der Waals surface area (Å²) in [5.74, 6) is -1.21. The van der Waals surface area contributed by atoms with Gasteiger partial charge >= 0.3 is 11.9 Å². The maximum Gasteiger partial charge on any atom is 0.345 e. The number of nitrogens with zero attached hydrogens (tertiary/aromatic N) is 1. The first kappa shape index (κ1) is 23.7. The molecule has 1 unspecified atom stereocenters. The summed E-state index contributed by atoms with van der Waals surface area (Å²) in [5, 5.41) is 12.5. The van der Waals surface area contributed by atoms with E-state index in [-0.39, 0.29) is 12.1 Å².